The Morgan fingerprint density at radius 2 is 1.68 bits per heavy atom. The van der Waals surface area contributed by atoms with Crippen molar-refractivity contribution in [2.75, 3.05) is 22.5 Å². The first-order valence-corrected chi connectivity index (χ1v) is 9.03. The first-order valence-electron chi connectivity index (χ1n) is 9.03. The van der Waals surface area contributed by atoms with Crippen LogP contribution >= 0.6 is 0 Å². The van der Waals surface area contributed by atoms with E-state index in [4.69, 9.17) is 0 Å². The standard InChI is InChI=1S/C21H22FN5O/c1-3-23-19-13-20(25-14(2)24-19)26-16-8-10-17(11-9-16)27-21(28)12-15-6-4-5-7-18(15)22/h4-11,13H,3,12H2,1-2H3,(H,27,28)(H2,23,24,25,26). The SMILES string of the molecule is CCNc1cc(Nc2ccc(NC(=O)Cc3ccccc3F)cc2)nc(C)n1. The molecular formula is C21H22FN5O. The van der Waals surface area contributed by atoms with Crippen LogP contribution in [0.4, 0.5) is 27.4 Å². The van der Waals surface area contributed by atoms with Gasteiger partial charge in [0.15, 0.2) is 0 Å². The first-order chi connectivity index (χ1) is 13.5. The molecule has 3 rings (SSSR count). The van der Waals surface area contributed by atoms with Crippen LogP contribution < -0.4 is 16.0 Å². The van der Waals surface area contributed by atoms with Crippen molar-refractivity contribution in [3.63, 3.8) is 0 Å². The number of aromatic nitrogens is 2. The van der Waals surface area contributed by atoms with E-state index in [0.29, 0.717) is 22.9 Å². The largest absolute Gasteiger partial charge is 0.370 e. The second-order valence-electron chi connectivity index (χ2n) is 6.23. The molecule has 28 heavy (non-hydrogen) atoms. The Bertz CT molecular complexity index is 959. The maximum absolute atomic E-state index is 13.7. The Morgan fingerprint density at radius 3 is 2.39 bits per heavy atom. The van der Waals surface area contributed by atoms with Crippen LogP contribution in [0.25, 0.3) is 0 Å². The monoisotopic (exact) mass is 379 g/mol. The fourth-order valence-corrected chi connectivity index (χ4v) is 2.71. The molecule has 0 aliphatic rings. The van der Waals surface area contributed by atoms with E-state index in [2.05, 4.69) is 25.9 Å². The van der Waals surface area contributed by atoms with Crippen LogP contribution in [0.2, 0.25) is 0 Å². The summed E-state index contributed by atoms with van der Waals surface area (Å²) in [5.41, 5.74) is 1.83. The normalized spacial score (nSPS) is 10.4. The fraction of sp³-hybridized carbons (Fsp3) is 0.190. The maximum atomic E-state index is 13.7. The number of hydrogen-bond acceptors (Lipinski definition) is 5. The maximum Gasteiger partial charge on any atom is 0.228 e. The summed E-state index contributed by atoms with van der Waals surface area (Å²) in [6, 6.07) is 15.3. The van der Waals surface area contributed by atoms with Crippen LogP contribution in [0.15, 0.2) is 54.6 Å². The average Bonchev–Trinajstić information content (AvgIpc) is 2.65. The minimum absolute atomic E-state index is 0.0138. The van der Waals surface area contributed by atoms with Crippen molar-refractivity contribution in [2.24, 2.45) is 0 Å². The molecule has 6 nitrogen and oxygen atoms in total. The molecule has 0 aliphatic carbocycles. The lowest BCUT2D eigenvalue weighted by molar-refractivity contribution is -0.115. The minimum Gasteiger partial charge on any atom is -0.370 e. The molecule has 2 aromatic carbocycles. The number of benzene rings is 2. The van der Waals surface area contributed by atoms with E-state index in [9.17, 15) is 9.18 Å². The number of carbonyl (C=O) groups is 1. The van der Waals surface area contributed by atoms with Gasteiger partial charge >= 0.3 is 0 Å². The quantitative estimate of drug-likeness (QED) is 0.571. The number of carbonyl (C=O) groups excluding carboxylic acids is 1. The second-order valence-corrected chi connectivity index (χ2v) is 6.23. The number of hydrogen-bond donors (Lipinski definition) is 3. The van der Waals surface area contributed by atoms with Crippen LogP contribution in [-0.4, -0.2) is 22.4 Å². The molecular weight excluding hydrogens is 357 g/mol. The molecule has 7 heteroatoms. The number of nitrogens with one attached hydrogen (secondary N) is 3. The molecule has 144 valence electrons. The van der Waals surface area contributed by atoms with Gasteiger partial charge in [-0.05, 0) is 49.7 Å². The molecule has 1 amide bonds. The van der Waals surface area contributed by atoms with Crippen LogP contribution in [-0.2, 0) is 11.2 Å². The third kappa shape index (κ3) is 5.26. The minimum atomic E-state index is -0.380. The van der Waals surface area contributed by atoms with Crippen molar-refractivity contribution >= 4 is 28.9 Å². The third-order valence-corrected chi connectivity index (χ3v) is 3.95. The lowest BCUT2D eigenvalue weighted by atomic mass is 10.1. The van der Waals surface area contributed by atoms with Gasteiger partial charge < -0.3 is 16.0 Å². The number of rotatable bonds is 7. The van der Waals surface area contributed by atoms with Gasteiger partial charge in [-0.15, -0.1) is 0 Å². The lowest BCUT2D eigenvalue weighted by Gasteiger charge is -2.10. The highest BCUT2D eigenvalue weighted by Gasteiger charge is 2.08. The molecule has 0 radical (unpaired) electrons. The summed E-state index contributed by atoms with van der Waals surface area (Å²) in [5.74, 6) is 1.45. The number of halogens is 1. The zero-order chi connectivity index (χ0) is 19.9. The van der Waals surface area contributed by atoms with Gasteiger partial charge in [-0.3, -0.25) is 4.79 Å². The summed E-state index contributed by atoms with van der Waals surface area (Å²) in [6.45, 7) is 4.61. The van der Waals surface area contributed by atoms with Gasteiger partial charge in [-0.1, -0.05) is 18.2 Å². The molecule has 0 bridgehead atoms. The Labute approximate surface area is 163 Å². The molecule has 0 saturated carbocycles. The molecule has 0 unspecified atom stereocenters. The van der Waals surface area contributed by atoms with Crippen LogP contribution in [0, 0.1) is 12.7 Å². The smallest absolute Gasteiger partial charge is 0.228 e. The Morgan fingerprint density at radius 1 is 1.00 bits per heavy atom. The summed E-state index contributed by atoms with van der Waals surface area (Å²) in [6.07, 6.45) is -0.0138. The number of aryl methyl sites for hydroxylation is 1. The molecule has 0 saturated heterocycles. The van der Waals surface area contributed by atoms with Crippen molar-refractivity contribution in [3.05, 3.63) is 71.8 Å². The van der Waals surface area contributed by atoms with E-state index in [1.54, 1.807) is 30.3 Å². The van der Waals surface area contributed by atoms with Gasteiger partial charge in [0.1, 0.15) is 23.3 Å². The lowest BCUT2D eigenvalue weighted by Crippen LogP contribution is -2.15. The highest BCUT2D eigenvalue weighted by molar-refractivity contribution is 5.92. The van der Waals surface area contributed by atoms with Crippen molar-refractivity contribution in [2.45, 2.75) is 20.3 Å². The van der Waals surface area contributed by atoms with Gasteiger partial charge in [0, 0.05) is 24.0 Å². The molecule has 0 spiro atoms. The summed E-state index contributed by atoms with van der Waals surface area (Å²) in [4.78, 5) is 20.8. The third-order valence-electron chi connectivity index (χ3n) is 3.95. The highest BCUT2D eigenvalue weighted by Crippen LogP contribution is 2.20. The molecule has 3 N–H and O–H groups in total. The van der Waals surface area contributed by atoms with E-state index < -0.39 is 0 Å². The Kier molecular flexibility index (Phi) is 6.16. The van der Waals surface area contributed by atoms with E-state index in [-0.39, 0.29) is 18.1 Å². The fourth-order valence-electron chi connectivity index (χ4n) is 2.71. The van der Waals surface area contributed by atoms with E-state index in [1.807, 2.05) is 32.0 Å². The van der Waals surface area contributed by atoms with E-state index >= 15 is 0 Å². The number of amides is 1. The highest BCUT2D eigenvalue weighted by atomic mass is 19.1. The second kappa shape index (κ2) is 8.94. The molecule has 1 heterocycles. The Hall–Kier alpha value is -3.48. The summed E-state index contributed by atoms with van der Waals surface area (Å²) in [5, 5.41) is 9.16. The van der Waals surface area contributed by atoms with Gasteiger partial charge in [0.2, 0.25) is 5.91 Å². The van der Waals surface area contributed by atoms with Crippen LogP contribution in [0.5, 0.6) is 0 Å². The summed E-state index contributed by atoms with van der Waals surface area (Å²) >= 11 is 0. The first kappa shape index (κ1) is 19.3. The van der Waals surface area contributed by atoms with Gasteiger partial charge in [0.05, 0.1) is 6.42 Å². The predicted molar refractivity (Wildman–Crippen MR) is 109 cm³/mol. The van der Waals surface area contributed by atoms with Crippen LogP contribution in [0.3, 0.4) is 0 Å². The van der Waals surface area contributed by atoms with Gasteiger partial charge in [-0.2, -0.15) is 0 Å². The van der Waals surface area contributed by atoms with Crippen molar-refractivity contribution in [1.82, 2.24) is 9.97 Å². The van der Waals surface area contributed by atoms with Crippen molar-refractivity contribution in [3.8, 4) is 0 Å². The number of nitrogens with zero attached hydrogens (tertiary/aromatic N) is 2. The summed E-state index contributed by atoms with van der Waals surface area (Å²) < 4.78 is 13.7. The summed E-state index contributed by atoms with van der Waals surface area (Å²) in [7, 11) is 0. The van der Waals surface area contributed by atoms with Crippen LogP contribution in [0.1, 0.15) is 18.3 Å². The van der Waals surface area contributed by atoms with E-state index in [0.717, 1.165) is 18.1 Å². The number of anilines is 4. The van der Waals surface area contributed by atoms with E-state index in [1.165, 1.54) is 6.07 Å². The van der Waals surface area contributed by atoms with Crippen molar-refractivity contribution in [1.29, 1.82) is 0 Å². The Balaban J connectivity index is 1.62. The molecule has 0 aliphatic heterocycles. The predicted octanol–water partition coefficient (Wildman–Crippen LogP) is 4.28. The zero-order valence-electron chi connectivity index (χ0n) is 15.8. The molecule has 1 aromatic heterocycles. The van der Waals surface area contributed by atoms with Gasteiger partial charge in [0.25, 0.3) is 0 Å². The average molecular weight is 379 g/mol. The molecule has 0 fully saturated rings. The molecule has 3 aromatic rings. The zero-order valence-corrected chi connectivity index (χ0v) is 15.8. The topological polar surface area (TPSA) is 78.9 Å². The van der Waals surface area contributed by atoms with Gasteiger partial charge in [-0.25, -0.2) is 14.4 Å². The molecule has 0 atom stereocenters. The van der Waals surface area contributed by atoms with Crippen molar-refractivity contribution < 1.29 is 9.18 Å².